The lowest BCUT2D eigenvalue weighted by Gasteiger charge is -2.13. The Morgan fingerprint density at radius 1 is 1.03 bits per heavy atom. The number of fused-ring (bicyclic) bond motifs is 2. The molecule has 0 radical (unpaired) electrons. The minimum Gasteiger partial charge on any atom is -0.508 e. The number of aromatic amines is 2. The molecule has 0 amide bonds. The number of phenols is 1. The van der Waals surface area contributed by atoms with Gasteiger partial charge in [0.15, 0.2) is 5.82 Å². The first-order valence-corrected chi connectivity index (χ1v) is 10.2. The number of phenolic OH excluding ortho intramolecular Hbond substituents is 1. The Balaban J connectivity index is 1.49. The van der Waals surface area contributed by atoms with Crippen LogP contribution < -0.4 is 5.32 Å². The second-order valence-corrected chi connectivity index (χ2v) is 7.71. The molecule has 5 aromatic rings. The van der Waals surface area contributed by atoms with Crippen molar-refractivity contribution < 1.29 is 9.50 Å². The topological polar surface area (TPSA) is 115 Å². The van der Waals surface area contributed by atoms with Gasteiger partial charge >= 0.3 is 0 Å². The fourth-order valence-corrected chi connectivity index (χ4v) is 4.10. The molecule has 9 heteroatoms. The number of benzene rings is 1. The maximum Gasteiger partial charge on any atom is 0.159 e. The molecule has 0 saturated heterocycles. The molecule has 4 N–H and O–H groups in total. The summed E-state index contributed by atoms with van der Waals surface area (Å²) < 4.78 is 13.9. The van der Waals surface area contributed by atoms with Gasteiger partial charge in [-0.15, -0.1) is 0 Å². The Bertz CT molecular complexity index is 1500. The number of rotatable bonds is 3. The van der Waals surface area contributed by atoms with E-state index in [0.717, 1.165) is 47.7 Å². The van der Waals surface area contributed by atoms with Crippen LogP contribution in [0.1, 0.15) is 12.1 Å². The van der Waals surface area contributed by atoms with E-state index in [1.54, 1.807) is 18.5 Å². The third kappa shape index (κ3) is 3.10. The quantitative estimate of drug-likeness (QED) is 0.348. The van der Waals surface area contributed by atoms with Crippen LogP contribution in [0.4, 0.5) is 4.39 Å². The maximum atomic E-state index is 13.9. The van der Waals surface area contributed by atoms with Crippen LogP contribution in [0.15, 0.2) is 48.8 Å². The van der Waals surface area contributed by atoms with Gasteiger partial charge in [-0.25, -0.2) is 9.37 Å². The number of pyridine rings is 2. The van der Waals surface area contributed by atoms with Crippen molar-refractivity contribution in [2.24, 2.45) is 0 Å². The van der Waals surface area contributed by atoms with Gasteiger partial charge in [0.2, 0.25) is 0 Å². The number of imidazole rings is 1. The summed E-state index contributed by atoms with van der Waals surface area (Å²) >= 11 is 0. The summed E-state index contributed by atoms with van der Waals surface area (Å²) in [6.07, 6.45) is 6.49. The molecule has 158 valence electrons. The van der Waals surface area contributed by atoms with E-state index in [0.29, 0.717) is 28.3 Å². The first-order chi connectivity index (χ1) is 15.7. The van der Waals surface area contributed by atoms with E-state index in [4.69, 9.17) is 4.98 Å². The van der Waals surface area contributed by atoms with E-state index in [9.17, 15) is 9.50 Å². The Hall–Kier alpha value is -4.11. The van der Waals surface area contributed by atoms with E-state index in [-0.39, 0.29) is 5.75 Å². The molecule has 0 saturated carbocycles. The highest BCUT2D eigenvalue weighted by atomic mass is 19.1. The van der Waals surface area contributed by atoms with Gasteiger partial charge in [0.25, 0.3) is 0 Å². The van der Waals surface area contributed by atoms with Crippen LogP contribution in [0.25, 0.3) is 50.3 Å². The third-order valence-corrected chi connectivity index (χ3v) is 5.62. The molecule has 1 aliphatic heterocycles. The zero-order chi connectivity index (χ0) is 21.7. The maximum absolute atomic E-state index is 13.9. The second kappa shape index (κ2) is 7.24. The van der Waals surface area contributed by atoms with E-state index < -0.39 is 5.82 Å². The number of nitrogens with zero attached hydrogens (tertiary/aromatic N) is 4. The van der Waals surface area contributed by atoms with E-state index in [1.165, 1.54) is 17.7 Å². The average molecular weight is 427 g/mol. The Morgan fingerprint density at radius 2 is 1.97 bits per heavy atom. The van der Waals surface area contributed by atoms with Crippen LogP contribution in [0.2, 0.25) is 0 Å². The number of halogens is 1. The van der Waals surface area contributed by atoms with Crippen LogP contribution >= 0.6 is 0 Å². The van der Waals surface area contributed by atoms with Crippen molar-refractivity contribution in [1.82, 2.24) is 35.5 Å². The molecule has 1 aliphatic rings. The van der Waals surface area contributed by atoms with Crippen LogP contribution in [0.3, 0.4) is 0 Å². The van der Waals surface area contributed by atoms with Crippen LogP contribution in [-0.4, -0.2) is 48.3 Å². The lowest BCUT2D eigenvalue weighted by Crippen LogP contribution is -2.20. The highest BCUT2D eigenvalue weighted by Crippen LogP contribution is 2.32. The van der Waals surface area contributed by atoms with Crippen molar-refractivity contribution in [3.05, 3.63) is 60.3 Å². The van der Waals surface area contributed by atoms with Gasteiger partial charge in [-0.2, -0.15) is 5.10 Å². The lowest BCUT2D eigenvalue weighted by atomic mass is 10.0. The summed E-state index contributed by atoms with van der Waals surface area (Å²) in [5.41, 5.74) is 5.84. The first-order valence-electron chi connectivity index (χ1n) is 10.2. The minimum atomic E-state index is -0.542. The fraction of sp³-hybridized carbons (Fsp3) is 0.130. The van der Waals surface area contributed by atoms with Crippen LogP contribution in [0, 0.1) is 5.82 Å². The molecule has 1 aromatic carbocycles. The number of hydrogen-bond donors (Lipinski definition) is 4. The first kappa shape index (κ1) is 18.6. The highest BCUT2D eigenvalue weighted by Gasteiger charge is 2.18. The van der Waals surface area contributed by atoms with Crippen molar-refractivity contribution in [2.75, 3.05) is 13.1 Å². The average Bonchev–Trinajstić information content (AvgIpc) is 3.42. The molecule has 0 atom stereocenters. The van der Waals surface area contributed by atoms with E-state index in [1.807, 2.05) is 6.07 Å². The molecule has 0 bridgehead atoms. The summed E-state index contributed by atoms with van der Waals surface area (Å²) in [6, 6.07) is 7.68. The second-order valence-electron chi connectivity index (χ2n) is 7.71. The highest BCUT2D eigenvalue weighted by molar-refractivity contribution is 5.96. The van der Waals surface area contributed by atoms with Crippen LogP contribution in [-0.2, 0) is 0 Å². The van der Waals surface area contributed by atoms with Crippen molar-refractivity contribution >= 4 is 27.5 Å². The van der Waals surface area contributed by atoms with Crippen molar-refractivity contribution in [1.29, 1.82) is 0 Å². The van der Waals surface area contributed by atoms with E-state index in [2.05, 4.69) is 36.5 Å². The Morgan fingerprint density at radius 3 is 2.81 bits per heavy atom. The van der Waals surface area contributed by atoms with Gasteiger partial charge in [0.1, 0.15) is 22.8 Å². The minimum absolute atomic E-state index is 0.167. The predicted molar refractivity (Wildman–Crippen MR) is 119 cm³/mol. The third-order valence-electron chi connectivity index (χ3n) is 5.62. The van der Waals surface area contributed by atoms with Gasteiger partial charge in [0, 0.05) is 29.8 Å². The Kier molecular flexibility index (Phi) is 4.22. The summed E-state index contributed by atoms with van der Waals surface area (Å²) in [5.74, 6) is -0.141. The van der Waals surface area contributed by atoms with Crippen LogP contribution in [0.5, 0.6) is 5.75 Å². The molecule has 32 heavy (non-hydrogen) atoms. The fourth-order valence-electron chi connectivity index (χ4n) is 4.10. The summed E-state index contributed by atoms with van der Waals surface area (Å²) in [5, 5.41) is 21.5. The van der Waals surface area contributed by atoms with E-state index >= 15 is 0 Å². The van der Waals surface area contributed by atoms with Gasteiger partial charge < -0.3 is 15.4 Å². The molecule has 0 aliphatic carbocycles. The SMILES string of the molecule is Oc1cc(F)cc(-c2nccc3[nH]c(-c4n[nH]c5cnc(C6=CCNCC6)cc45)nc23)c1. The molecular formula is C23H18FN7O. The molecule has 5 heterocycles. The summed E-state index contributed by atoms with van der Waals surface area (Å²) in [6.45, 7) is 1.76. The monoisotopic (exact) mass is 427 g/mol. The largest absolute Gasteiger partial charge is 0.508 e. The molecule has 0 unspecified atom stereocenters. The number of H-pyrrole nitrogens is 2. The molecule has 0 spiro atoms. The molecule has 4 aromatic heterocycles. The molecule has 8 nitrogen and oxygen atoms in total. The van der Waals surface area contributed by atoms with Gasteiger partial charge in [-0.1, -0.05) is 6.08 Å². The van der Waals surface area contributed by atoms with Gasteiger partial charge in [-0.3, -0.25) is 15.1 Å². The van der Waals surface area contributed by atoms with Crippen molar-refractivity contribution in [3.8, 4) is 28.5 Å². The smallest absolute Gasteiger partial charge is 0.159 e. The molecular weight excluding hydrogens is 409 g/mol. The normalized spacial score (nSPS) is 14.2. The standard InChI is InChI=1S/C23H18FN7O/c24-14-7-13(8-15(32)9-14)20-22-17(3-6-26-20)28-23(29-22)21-16-10-18(12-1-4-25-5-2-12)27-11-19(16)30-31-21/h1,3,6-11,25,32H,2,4-5H2,(H,28,29)(H,30,31). The number of hydrogen-bond acceptors (Lipinski definition) is 6. The molecule has 0 fully saturated rings. The van der Waals surface area contributed by atoms with Gasteiger partial charge in [0.05, 0.1) is 28.6 Å². The summed E-state index contributed by atoms with van der Waals surface area (Å²) in [7, 11) is 0. The van der Waals surface area contributed by atoms with Gasteiger partial charge in [-0.05, 0) is 42.8 Å². The Labute approximate surface area is 181 Å². The zero-order valence-corrected chi connectivity index (χ0v) is 16.9. The molecule has 6 rings (SSSR count). The van der Waals surface area contributed by atoms with Crippen molar-refractivity contribution in [2.45, 2.75) is 6.42 Å². The predicted octanol–water partition coefficient (Wildman–Crippen LogP) is 3.78. The number of aromatic hydroxyl groups is 1. The number of aromatic nitrogens is 6. The summed E-state index contributed by atoms with van der Waals surface area (Å²) in [4.78, 5) is 17.0. The lowest BCUT2D eigenvalue weighted by molar-refractivity contribution is 0.469. The van der Waals surface area contributed by atoms with Crippen molar-refractivity contribution in [3.63, 3.8) is 0 Å². The number of nitrogens with one attached hydrogen (secondary N) is 3. The zero-order valence-electron chi connectivity index (χ0n) is 16.9.